The summed E-state index contributed by atoms with van der Waals surface area (Å²) in [4.78, 5) is 1.98. The number of hydrogen-bond donors (Lipinski definition) is 0. The van der Waals surface area contributed by atoms with Gasteiger partial charge in [0.05, 0.1) is 18.8 Å². The van der Waals surface area contributed by atoms with Crippen LogP contribution in [0.1, 0.15) is 0 Å². The minimum atomic E-state index is -0.319. The summed E-state index contributed by atoms with van der Waals surface area (Å²) < 4.78 is 24.0. The highest BCUT2D eigenvalue weighted by molar-refractivity contribution is 5.60. The lowest BCUT2D eigenvalue weighted by molar-refractivity contribution is 0.0771. The van der Waals surface area contributed by atoms with Crippen molar-refractivity contribution in [3.63, 3.8) is 0 Å². The number of ether oxygens (including phenoxy) is 2. The van der Waals surface area contributed by atoms with Crippen molar-refractivity contribution in [1.82, 2.24) is 0 Å². The van der Waals surface area contributed by atoms with E-state index in [2.05, 4.69) is 0 Å². The van der Waals surface area contributed by atoms with Gasteiger partial charge >= 0.3 is 0 Å². The number of rotatable bonds is 2. The van der Waals surface area contributed by atoms with Crippen molar-refractivity contribution < 1.29 is 13.9 Å². The fourth-order valence-electron chi connectivity index (χ4n) is 1.80. The second kappa shape index (κ2) is 4.06. The first-order chi connectivity index (χ1) is 7.22. The molecule has 3 nitrogen and oxygen atoms in total. The van der Waals surface area contributed by atoms with Crippen LogP contribution in [0.5, 0.6) is 5.75 Å². The normalized spacial score (nSPS) is 19.7. The number of hydrogen-bond acceptors (Lipinski definition) is 3. The molecule has 0 unspecified atom stereocenters. The second-order valence-corrected chi connectivity index (χ2v) is 3.66. The molecule has 0 amide bonds. The lowest BCUT2D eigenvalue weighted by Gasteiger charge is -2.33. The Balaban J connectivity index is 2.29. The van der Waals surface area contributed by atoms with E-state index < -0.39 is 0 Å². The summed E-state index contributed by atoms with van der Waals surface area (Å²) in [7, 11) is 3.53. The van der Waals surface area contributed by atoms with Crippen LogP contribution in [-0.4, -0.2) is 33.4 Å². The van der Waals surface area contributed by atoms with Crippen LogP contribution >= 0.6 is 0 Å². The van der Waals surface area contributed by atoms with Gasteiger partial charge in [-0.1, -0.05) is 6.07 Å². The number of benzene rings is 1. The predicted molar refractivity (Wildman–Crippen MR) is 56.0 cm³/mol. The third-order valence-corrected chi connectivity index (χ3v) is 2.47. The number of fused-ring (bicyclic) bond motifs is 1. The van der Waals surface area contributed by atoms with Gasteiger partial charge < -0.3 is 14.4 Å². The molecule has 0 fully saturated rings. The third-order valence-electron chi connectivity index (χ3n) is 2.47. The van der Waals surface area contributed by atoms with Gasteiger partial charge in [-0.15, -0.1) is 0 Å². The summed E-state index contributed by atoms with van der Waals surface area (Å²) in [6.45, 7) is 1.18. The molecule has 2 rings (SSSR count). The van der Waals surface area contributed by atoms with Gasteiger partial charge in [-0.2, -0.15) is 0 Å². The van der Waals surface area contributed by atoms with Gasteiger partial charge in [0, 0.05) is 14.2 Å². The smallest absolute Gasteiger partial charge is 0.178 e. The Morgan fingerprint density at radius 3 is 3.13 bits per heavy atom. The van der Waals surface area contributed by atoms with Crippen LogP contribution in [0.4, 0.5) is 10.1 Å². The lowest BCUT2D eigenvalue weighted by Crippen LogP contribution is -2.40. The number of methoxy groups -OCH3 is 1. The Kier molecular flexibility index (Phi) is 2.77. The Morgan fingerprint density at radius 2 is 2.40 bits per heavy atom. The highest BCUT2D eigenvalue weighted by Gasteiger charge is 2.25. The maximum atomic E-state index is 13.5. The molecule has 0 spiro atoms. The van der Waals surface area contributed by atoms with E-state index >= 15 is 0 Å². The summed E-state index contributed by atoms with van der Waals surface area (Å²) in [6, 6.07) is 4.94. The molecule has 0 saturated heterocycles. The van der Waals surface area contributed by atoms with Gasteiger partial charge in [-0.05, 0) is 12.1 Å². The summed E-state index contributed by atoms with van der Waals surface area (Å²) in [5.74, 6) is 0.00783. The highest BCUT2D eigenvalue weighted by atomic mass is 19.1. The van der Waals surface area contributed by atoms with Crippen molar-refractivity contribution in [3.8, 4) is 5.75 Å². The zero-order valence-corrected chi connectivity index (χ0v) is 8.87. The molecule has 82 valence electrons. The molecule has 0 bridgehead atoms. The standard InChI is InChI=1S/C11H14FNO2/c1-13-6-8(7-14-2)15-11-9(12)4-3-5-10(11)13/h3-5,8H,6-7H2,1-2H3/t8-/m0/s1. The molecule has 4 heteroatoms. The van der Waals surface area contributed by atoms with Crippen LogP contribution in [0.2, 0.25) is 0 Å². The molecular formula is C11H14FNO2. The van der Waals surface area contributed by atoms with Crippen LogP contribution in [0, 0.1) is 5.82 Å². The summed E-state index contributed by atoms with van der Waals surface area (Å²) >= 11 is 0. The van der Waals surface area contributed by atoms with Gasteiger partial charge in [0.25, 0.3) is 0 Å². The Bertz CT molecular complexity index is 356. The molecule has 0 aromatic heterocycles. The molecule has 0 aliphatic carbocycles. The van der Waals surface area contributed by atoms with E-state index in [0.29, 0.717) is 18.9 Å². The highest BCUT2D eigenvalue weighted by Crippen LogP contribution is 2.34. The van der Waals surface area contributed by atoms with Crippen molar-refractivity contribution in [2.24, 2.45) is 0 Å². The monoisotopic (exact) mass is 211 g/mol. The van der Waals surface area contributed by atoms with Crippen LogP contribution in [0.15, 0.2) is 18.2 Å². The van der Waals surface area contributed by atoms with E-state index in [1.165, 1.54) is 6.07 Å². The molecule has 1 atom stereocenters. The maximum absolute atomic E-state index is 13.5. The number of likely N-dealkylation sites (N-methyl/N-ethyl adjacent to an activating group) is 1. The molecule has 1 heterocycles. The number of nitrogens with zero attached hydrogens (tertiary/aromatic N) is 1. The van der Waals surface area contributed by atoms with Crippen LogP contribution in [0.25, 0.3) is 0 Å². The molecule has 0 radical (unpaired) electrons. The van der Waals surface area contributed by atoms with Crippen LogP contribution < -0.4 is 9.64 Å². The molecule has 1 aliphatic rings. The molecule has 15 heavy (non-hydrogen) atoms. The summed E-state index contributed by atoms with van der Waals surface area (Å²) in [6.07, 6.45) is -0.107. The van der Waals surface area contributed by atoms with Gasteiger partial charge in [0.15, 0.2) is 11.6 Å². The lowest BCUT2D eigenvalue weighted by atomic mass is 10.2. The third kappa shape index (κ3) is 1.90. The fraction of sp³-hybridized carbons (Fsp3) is 0.455. The topological polar surface area (TPSA) is 21.7 Å². The number of halogens is 1. The maximum Gasteiger partial charge on any atom is 0.178 e. The SMILES string of the molecule is COC[C@@H]1CN(C)c2cccc(F)c2O1. The van der Waals surface area contributed by atoms with Crippen molar-refractivity contribution in [2.45, 2.75) is 6.10 Å². The van der Waals surface area contributed by atoms with Crippen molar-refractivity contribution in [2.75, 3.05) is 32.2 Å². The quantitative estimate of drug-likeness (QED) is 0.742. The Hall–Kier alpha value is -1.29. The van der Waals surface area contributed by atoms with Crippen molar-refractivity contribution >= 4 is 5.69 Å². The van der Waals surface area contributed by atoms with Crippen molar-refractivity contribution in [3.05, 3.63) is 24.0 Å². The van der Waals surface area contributed by atoms with Crippen LogP contribution in [-0.2, 0) is 4.74 Å². The Morgan fingerprint density at radius 1 is 1.60 bits per heavy atom. The molecule has 0 saturated carbocycles. The van der Waals surface area contributed by atoms with E-state index in [9.17, 15) is 4.39 Å². The molecule has 1 aromatic carbocycles. The molecule has 0 N–H and O–H groups in total. The largest absolute Gasteiger partial charge is 0.481 e. The van der Waals surface area contributed by atoms with E-state index in [4.69, 9.17) is 9.47 Å². The first-order valence-corrected chi connectivity index (χ1v) is 4.87. The minimum Gasteiger partial charge on any atom is -0.481 e. The zero-order chi connectivity index (χ0) is 10.8. The summed E-state index contributed by atoms with van der Waals surface area (Å²) in [5.41, 5.74) is 0.794. The van der Waals surface area contributed by atoms with E-state index in [1.807, 2.05) is 18.0 Å². The fourth-order valence-corrected chi connectivity index (χ4v) is 1.80. The van der Waals surface area contributed by atoms with Gasteiger partial charge in [-0.3, -0.25) is 0 Å². The zero-order valence-electron chi connectivity index (χ0n) is 8.87. The van der Waals surface area contributed by atoms with E-state index in [0.717, 1.165) is 5.69 Å². The number of anilines is 1. The van der Waals surface area contributed by atoms with E-state index in [-0.39, 0.29) is 11.9 Å². The van der Waals surface area contributed by atoms with Gasteiger partial charge in [0.2, 0.25) is 0 Å². The predicted octanol–water partition coefficient (Wildman–Crippen LogP) is 1.67. The minimum absolute atomic E-state index is 0.107. The Labute approximate surface area is 88.4 Å². The average molecular weight is 211 g/mol. The first kappa shape index (κ1) is 10.2. The van der Waals surface area contributed by atoms with Crippen molar-refractivity contribution in [1.29, 1.82) is 0 Å². The first-order valence-electron chi connectivity index (χ1n) is 4.87. The molecule has 1 aromatic rings. The second-order valence-electron chi connectivity index (χ2n) is 3.66. The van der Waals surface area contributed by atoms with Gasteiger partial charge in [0.1, 0.15) is 6.10 Å². The number of para-hydroxylation sites is 1. The average Bonchev–Trinajstić information content (AvgIpc) is 2.20. The molecular weight excluding hydrogens is 197 g/mol. The van der Waals surface area contributed by atoms with E-state index in [1.54, 1.807) is 13.2 Å². The molecule has 1 aliphatic heterocycles. The summed E-state index contributed by atoms with van der Waals surface area (Å²) in [5, 5.41) is 0. The van der Waals surface area contributed by atoms with Gasteiger partial charge in [-0.25, -0.2) is 4.39 Å². The van der Waals surface area contributed by atoms with Crippen LogP contribution in [0.3, 0.4) is 0 Å².